The third kappa shape index (κ3) is 2.28. The molecule has 4 heteroatoms. The molecule has 2 aromatic carbocycles. The van der Waals surface area contributed by atoms with E-state index in [4.69, 9.17) is 10.5 Å². The second-order valence-electron chi connectivity index (χ2n) is 4.41. The number of nitrogen functional groups attached to an aromatic ring is 1. The maximum atomic E-state index is 5.77. The number of fused-ring (bicyclic) bond motifs is 1. The second kappa shape index (κ2) is 5.17. The molecular formula is C16H15N3O. The molecule has 0 spiro atoms. The van der Waals surface area contributed by atoms with Crippen LogP contribution in [0.25, 0.3) is 22.0 Å². The van der Waals surface area contributed by atoms with Crippen LogP contribution in [-0.2, 0) is 0 Å². The molecule has 0 saturated heterocycles. The molecule has 20 heavy (non-hydrogen) atoms. The topological polar surface area (TPSA) is 61.0 Å². The van der Waals surface area contributed by atoms with Gasteiger partial charge < -0.3 is 10.5 Å². The quantitative estimate of drug-likeness (QED) is 0.789. The maximum absolute atomic E-state index is 5.77. The van der Waals surface area contributed by atoms with Crippen LogP contribution in [0.5, 0.6) is 5.88 Å². The minimum absolute atomic E-state index is 0.221. The fraction of sp³-hybridized carbons (Fsp3) is 0.125. The Morgan fingerprint density at radius 2 is 1.85 bits per heavy atom. The van der Waals surface area contributed by atoms with E-state index in [-0.39, 0.29) is 5.95 Å². The second-order valence-corrected chi connectivity index (χ2v) is 4.41. The van der Waals surface area contributed by atoms with Crippen molar-refractivity contribution in [1.29, 1.82) is 0 Å². The molecule has 100 valence electrons. The average molecular weight is 265 g/mol. The van der Waals surface area contributed by atoms with Gasteiger partial charge in [-0.05, 0) is 17.7 Å². The van der Waals surface area contributed by atoms with E-state index < -0.39 is 0 Å². The first kappa shape index (κ1) is 12.4. The maximum Gasteiger partial charge on any atom is 0.223 e. The molecule has 3 rings (SSSR count). The highest BCUT2D eigenvalue weighted by Crippen LogP contribution is 2.29. The van der Waals surface area contributed by atoms with E-state index in [2.05, 4.69) is 28.2 Å². The summed E-state index contributed by atoms with van der Waals surface area (Å²) in [6.07, 6.45) is 0. The third-order valence-corrected chi connectivity index (χ3v) is 3.08. The van der Waals surface area contributed by atoms with E-state index in [0.717, 1.165) is 16.6 Å². The fourth-order valence-electron chi connectivity index (χ4n) is 2.25. The third-order valence-electron chi connectivity index (χ3n) is 3.08. The van der Waals surface area contributed by atoms with E-state index in [1.54, 1.807) is 0 Å². The Labute approximate surface area is 117 Å². The van der Waals surface area contributed by atoms with Gasteiger partial charge in [0.1, 0.15) is 0 Å². The summed E-state index contributed by atoms with van der Waals surface area (Å²) in [6, 6.07) is 16.1. The first-order valence-electron chi connectivity index (χ1n) is 6.53. The lowest BCUT2D eigenvalue weighted by molar-refractivity contribution is 0.327. The minimum Gasteiger partial charge on any atom is -0.478 e. The summed E-state index contributed by atoms with van der Waals surface area (Å²) < 4.78 is 5.43. The highest BCUT2D eigenvalue weighted by atomic mass is 16.5. The van der Waals surface area contributed by atoms with Crippen LogP contribution < -0.4 is 10.5 Å². The van der Waals surface area contributed by atoms with E-state index in [1.807, 2.05) is 37.3 Å². The van der Waals surface area contributed by atoms with E-state index in [9.17, 15) is 0 Å². The number of anilines is 1. The normalized spacial score (nSPS) is 10.7. The molecule has 4 nitrogen and oxygen atoms in total. The van der Waals surface area contributed by atoms with Gasteiger partial charge in [0.15, 0.2) is 0 Å². The van der Waals surface area contributed by atoms with E-state index in [0.29, 0.717) is 12.5 Å². The van der Waals surface area contributed by atoms with Crippen LogP contribution in [0.4, 0.5) is 5.95 Å². The monoisotopic (exact) mass is 265 g/mol. The Hall–Kier alpha value is -2.62. The molecule has 2 N–H and O–H groups in total. The number of nitrogens with two attached hydrogens (primary N) is 1. The highest BCUT2D eigenvalue weighted by Gasteiger charge is 2.08. The summed E-state index contributed by atoms with van der Waals surface area (Å²) in [5.41, 5.74) is 7.57. The predicted octanol–water partition coefficient (Wildman–Crippen LogP) is 3.28. The Kier molecular flexibility index (Phi) is 3.21. The van der Waals surface area contributed by atoms with Crippen LogP contribution in [-0.4, -0.2) is 16.6 Å². The fourth-order valence-corrected chi connectivity index (χ4v) is 2.25. The van der Waals surface area contributed by atoms with Crippen LogP contribution in [0, 0.1) is 0 Å². The van der Waals surface area contributed by atoms with Gasteiger partial charge in [-0.2, -0.15) is 4.98 Å². The zero-order valence-corrected chi connectivity index (χ0v) is 11.2. The van der Waals surface area contributed by atoms with Crippen molar-refractivity contribution in [3.05, 3.63) is 48.5 Å². The van der Waals surface area contributed by atoms with Crippen LogP contribution >= 0.6 is 0 Å². The SMILES string of the molecule is CCOc1cc(-c2cccc3ccccc23)nc(N)n1. The molecule has 0 aliphatic carbocycles. The molecule has 0 bridgehead atoms. The van der Waals surface area contributed by atoms with E-state index in [1.165, 1.54) is 5.39 Å². The van der Waals surface area contributed by atoms with Crippen molar-refractivity contribution < 1.29 is 4.74 Å². The molecule has 3 aromatic rings. The van der Waals surface area contributed by atoms with Gasteiger partial charge >= 0.3 is 0 Å². The molecule has 0 unspecified atom stereocenters. The lowest BCUT2D eigenvalue weighted by atomic mass is 10.0. The van der Waals surface area contributed by atoms with Gasteiger partial charge in [-0.3, -0.25) is 0 Å². The van der Waals surface area contributed by atoms with Crippen molar-refractivity contribution in [3.63, 3.8) is 0 Å². The number of aromatic nitrogens is 2. The summed E-state index contributed by atoms with van der Waals surface area (Å²) in [6.45, 7) is 2.46. The van der Waals surface area contributed by atoms with Crippen LogP contribution in [0.2, 0.25) is 0 Å². The van der Waals surface area contributed by atoms with Crippen LogP contribution in [0.15, 0.2) is 48.5 Å². The van der Waals surface area contributed by atoms with Gasteiger partial charge in [0, 0.05) is 11.6 Å². The standard InChI is InChI=1S/C16H15N3O/c1-2-20-15-10-14(18-16(17)19-15)13-9-5-7-11-6-3-4-8-12(11)13/h3-10H,2H2,1H3,(H2,17,18,19). The highest BCUT2D eigenvalue weighted by molar-refractivity contribution is 5.95. The number of hydrogen-bond acceptors (Lipinski definition) is 4. The van der Waals surface area contributed by atoms with Crippen molar-refractivity contribution in [2.75, 3.05) is 12.3 Å². The number of benzene rings is 2. The average Bonchev–Trinajstić information content (AvgIpc) is 2.46. The molecule has 0 radical (unpaired) electrons. The van der Waals surface area contributed by atoms with Crippen LogP contribution in [0.1, 0.15) is 6.92 Å². The minimum atomic E-state index is 0.221. The Bertz CT molecular complexity index is 750. The molecule has 0 aliphatic heterocycles. The van der Waals surface area contributed by atoms with E-state index >= 15 is 0 Å². The Morgan fingerprint density at radius 1 is 1.05 bits per heavy atom. The van der Waals surface area contributed by atoms with Crippen molar-refractivity contribution >= 4 is 16.7 Å². The molecular weight excluding hydrogens is 250 g/mol. The molecule has 1 heterocycles. The predicted molar refractivity (Wildman–Crippen MR) is 80.6 cm³/mol. The van der Waals surface area contributed by atoms with Crippen molar-refractivity contribution in [2.45, 2.75) is 6.92 Å². The lowest BCUT2D eigenvalue weighted by Crippen LogP contribution is -2.01. The van der Waals surface area contributed by atoms with Gasteiger partial charge in [0.05, 0.1) is 12.3 Å². The van der Waals surface area contributed by atoms with Crippen LogP contribution in [0.3, 0.4) is 0 Å². The first-order chi connectivity index (χ1) is 9.78. The van der Waals surface area contributed by atoms with Crippen molar-refractivity contribution in [2.24, 2.45) is 0 Å². The van der Waals surface area contributed by atoms with Gasteiger partial charge in [-0.1, -0.05) is 42.5 Å². The Balaban J connectivity index is 2.20. The van der Waals surface area contributed by atoms with Gasteiger partial charge in [-0.15, -0.1) is 0 Å². The number of hydrogen-bond donors (Lipinski definition) is 1. The molecule has 0 amide bonds. The van der Waals surface area contributed by atoms with Gasteiger partial charge in [0.2, 0.25) is 11.8 Å². The number of rotatable bonds is 3. The smallest absolute Gasteiger partial charge is 0.223 e. The molecule has 0 aliphatic rings. The number of ether oxygens (including phenoxy) is 1. The van der Waals surface area contributed by atoms with Crippen molar-refractivity contribution in [1.82, 2.24) is 9.97 Å². The largest absolute Gasteiger partial charge is 0.478 e. The number of nitrogens with zero attached hydrogens (tertiary/aromatic N) is 2. The zero-order chi connectivity index (χ0) is 13.9. The van der Waals surface area contributed by atoms with Crippen molar-refractivity contribution in [3.8, 4) is 17.1 Å². The summed E-state index contributed by atoms with van der Waals surface area (Å²) in [5, 5.41) is 2.30. The first-order valence-corrected chi connectivity index (χ1v) is 6.53. The summed E-state index contributed by atoms with van der Waals surface area (Å²) in [5.74, 6) is 0.724. The summed E-state index contributed by atoms with van der Waals surface area (Å²) >= 11 is 0. The zero-order valence-electron chi connectivity index (χ0n) is 11.2. The molecule has 0 atom stereocenters. The summed E-state index contributed by atoms with van der Waals surface area (Å²) in [4.78, 5) is 8.40. The Morgan fingerprint density at radius 3 is 2.70 bits per heavy atom. The molecule has 0 saturated carbocycles. The summed E-state index contributed by atoms with van der Waals surface area (Å²) in [7, 11) is 0. The van der Waals surface area contributed by atoms with Gasteiger partial charge in [0.25, 0.3) is 0 Å². The molecule has 0 fully saturated rings. The molecule has 1 aromatic heterocycles. The van der Waals surface area contributed by atoms with Gasteiger partial charge in [-0.25, -0.2) is 4.98 Å². The lowest BCUT2D eigenvalue weighted by Gasteiger charge is -2.09.